The van der Waals surface area contributed by atoms with E-state index in [1.807, 2.05) is 36.6 Å². The summed E-state index contributed by atoms with van der Waals surface area (Å²) in [4.78, 5) is 17.4. The monoisotopic (exact) mass is 303 g/mol. The van der Waals surface area contributed by atoms with Crippen LogP contribution in [0.4, 0.5) is 10.8 Å². The highest BCUT2D eigenvalue weighted by molar-refractivity contribution is 7.22. The van der Waals surface area contributed by atoms with Crippen molar-refractivity contribution in [1.29, 1.82) is 0 Å². The average Bonchev–Trinajstić information content (AvgIpc) is 3.03. The second-order valence-electron chi connectivity index (χ2n) is 4.33. The lowest BCUT2D eigenvalue weighted by molar-refractivity contribution is 0.103. The third-order valence-corrected chi connectivity index (χ3v) is 4.86. The number of thiophene rings is 1. The van der Waals surface area contributed by atoms with Crippen LogP contribution in [0, 0.1) is 0 Å². The van der Waals surface area contributed by atoms with Crippen LogP contribution < -0.4 is 11.1 Å². The van der Waals surface area contributed by atoms with Gasteiger partial charge in [-0.15, -0.1) is 11.3 Å². The second kappa shape index (κ2) is 5.22. The fourth-order valence-electron chi connectivity index (χ4n) is 1.96. The predicted molar refractivity (Wildman–Crippen MR) is 85.7 cm³/mol. The van der Waals surface area contributed by atoms with Gasteiger partial charge in [-0.3, -0.25) is 10.1 Å². The van der Waals surface area contributed by atoms with Crippen LogP contribution >= 0.6 is 22.7 Å². The topological polar surface area (TPSA) is 68.0 Å². The molecule has 4 nitrogen and oxygen atoms in total. The van der Waals surface area contributed by atoms with Crippen molar-refractivity contribution in [3.63, 3.8) is 0 Å². The molecule has 3 rings (SSSR count). The lowest BCUT2D eigenvalue weighted by atomic mass is 10.2. The van der Waals surface area contributed by atoms with E-state index in [0.717, 1.165) is 27.1 Å². The van der Waals surface area contributed by atoms with Crippen LogP contribution in [0.3, 0.4) is 0 Å². The molecule has 102 valence electrons. The molecule has 3 N–H and O–H groups in total. The number of hydrogen-bond acceptors (Lipinski definition) is 5. The maximum absolute atomic E-state index is 12.2. The smallest absolute Gasteiger partial charge is 0.267 e. The third-order valence-electron chi connectivity index (χ3n) is 2.97. The highest BCUT2D eigenvalue weighted by Crippen LogP contribution is 2.28. The highest BCUT2D eigenvalue weighted by Gasteiger charge is 2.14. The molecule has 0 fully saturated rings. The Bertz CT molecular complexity index is 776. The summed E-state index contributed by atoms with van der Waals surface area (Å²) in [5, 5.41) is 5.41. The van der Waals surface area contributed by atoms with E-state index in [1.54, 1.807) is 0 Å². The van der Waals surface area contributed by atoms with Crippen LogP contribution in [0.25, 0.3) is 10.2 Å². The van der Waals surface area contributed by atoms with Crippen LogP contribution in [0.1, 0.15) is 22.2 Å². The number of amides is 1. The van der Waals surface area contributed by atoms with E-state index in [0.29, 0.717) is 10.8 Å². The second-order valence-corrected chi connectivity index (χ2v) is 6.28. The molecular weight excluding hydrogens is 290 g/mol. The number of rotatable bonds is 3. The minimum atomic E-state index is -0.0936. The molecule has 3 aromatic rings. The number of aromatic nitrogens is 1. The minimum absolute atomic E-state index is 0.0936. The molecule has 0 radical (unpaired) electrons. The number of aryl methyl sites for hydroxylation is 1. The van der Waals surface area contributed by atoms with E-state index in [-0.39, 0.29) is 5.91 Å². The number of nitrogens with one attached hydrogen (secondary N) is 1. The maximum Gasteiger partial charge on any atom is 0.267 e. The number of carbonyl (C=O) groups is 1. The molecule has 0 saturated heterocycles. The van der Waals surface area contributed by atoms with Crippen LogP contribution in [-0.4, -0.2) is 10.9 Å². The Morgan fingerprint density at radius 1 is 1.40 bits per heavy atom. The molecule has 1 aromatic carbocycles. The van der Waals surface area contributed by atoms with E-state index in [9.17, 15) is 4.79 Å². The van der Waals surface area contributed by atoms with Gasteiger partial charge >= 0.3 is 0 Å². The molecule has 2 aromatic heterocycles. The number of nitrogens with zero attached hydrogens (tertiary/aromatic N) is 1. The molecule has 20 heavy (non-hydrogen) atoms. The third kappa shape index (κ3) is 2.39. The maximum atomic E-state index is 12.2. The summed E-state index contributed by atoms with van der Waals surface area (Å²) in [7, 11) is 0. The van der Waals surface area contributed by atoms with E-state index in [1.165, 1.54) is 22.7 Å². The summed E-state index contributed by atoms with van der Waals surface area (Å²) in [5.41, 5.74) is 8.36. The van der Waals surface area contributed by atoms with Gasteiger partial charge < -0.3 is 5.73 Å². The molecule has 0 aliphatic carbocycles. The van der Waals surface area contributed by atoms with Gasteiger partial charge in [-0.05, 0) is 41.6 Å². The van der Waals surface area contributed by atoms with Crippen molar-refractivity contribution >= 4 is 49.6 Å². The number of nitrogens with two attached hydrogens (primary N) is 1. The minimum Gasteiger partial charge on any atom is -0.399 e. The van der Waals surface area contributed by atoms with Gasteiger partial charge in [-0.1, -0.05) is 18.3 Å². The van der Waals surface area contributed by atoms with E-state index >= 15 is 0 Å². The number of anilines is 2. The molecule has 6 heteroatoms. The van der Waals surface area contributed by atoms with Crippen molar-refractivity contribution in [2.45, 2.75) is 13.3 Å². The van der Waals surface area contributed by atoms with Gasteiger partial charge in [-0.25, -0.2) is 4.98 Å². The van der Waals surface area contributed by atoms with E-state index < -0.39 is 0 Å². The molecular formula is C14H13N3OS2. The molecule has 0 aliphatic heterocycles. The number of thiazole rings is 1. The summed E-state index contributed by atoms with van der Waals surface area (Å²) in [6.07, 6.45) is 0.850. The molecule has 1 amide bonds. The number of fused-ring (bicyclic) bond motifs is 1. The zero-order chi connectivity index (χ0) is 14.1. The van der Waals surface area contributed by atoms with Crippen molar-refractivity contribution in [2.24, 2.45) is 0 Å². The zero-order valence-electron chi connectivity index (χ0n) is 10.8. The Hall–Kier alpha value is -1.92. The summed E-state index contributed by atoms with van der Waals surface area (Å²) in [6.45, 7) is 2.04. The van der Waals surface area contributed by atoms with Gasteiger partial charge in [0.2, 0.25) is 0 Å². The van der Waals surface area contributed by atoms with Crippen molar-refractivity contribution in [1.82, 2.24) is 4.98 Å². The lowest BCUT2D eigenvalue weighted by Gasteiger charge is -2.01. The van der Waals surface area contributed by atoms with Crippen molar-refractivity contribution in [3.05, 3.63) is 40.1 Å². The number of benzene rings is 1. The van der Waals surface area contributed by atoms with Crippen LogP contribution in [0.15, 0.2) is 29.6 Å². The zero-order valence-corrected chi connectivity index (χ0v) is 12.5. The van der Waals surface area contributed by atoms with Crippen LogP contribution in [0.5, 0.6) is 0 Å². The van der Waals surface area contributed by atoms with Gasteiger partial charge in [0.25, 0.3) is 5.91 Å². The Morgan fingerprint density at radius 3 is 3.05 bits per heavy atom. The Kier molecular flexibility index (Phi) is 3.42. The quantitative estimate of drug-likeness (QED) is 0.724. The van der Waals surface area contributed by atoms with Crippen molar-refractivity contribution in [3.8, 4) is 0 Å². The molecule has 0 bridgehead atoms. The molecule has 0 atom stereocenters. The van der Waals surface area contributed by atoms with Gasteiger partial charge in [0.05, 0.1) is 15.1 Å². The van der Waals surface area contributed by atoms with E-state index in [2.05, 4.69) is 10.3 Å². The first-order valence-electron chi connectivity index (χ1n) is 6.21. The van der Waals surface area contributed by atoms with Crippen LogP contribution in [0.2, 0.25) is 0 Å². The highest BCUT2D eigenvalue weighted by atomic mass is 32.1. The van der Waals surface area contributed by atoms with Crippen molar-refractivity contribution < 1.29 is 4.79 Å². The Morgan fingerprint density at radius 2 is 2.25 bits per heavy atom. The largest absolute Gasteiger partial charge is 0.399 e. The molecule has 0 unspecified atom stereocenters. The lowest BCUT2D eigenvalue weighted by Crippen LogP contribution is -2.11. The summed E-state index contributed by atoms with van der Waals surface area (Å²) < 4.78 is 0.974. The Labute approximate surface area is 124 Å². The Balaban J connectivity index is 1.87. The fourth-order valence-corrected chi connectivity index (χ4v) is 3.76. The fraction of sp³-hybridized carbons (Fsp3) is 0.143. The van der Waals surface area contributed by atoms with Gasteiger partial charge in [0, 0.05) is 5.69 Å². The summed E-state index contributed by atoms with van der Waals surface area (Å²) >= 11 is 2.89. The average molecular weight is 303 g/mol. The van der Waals surface area contributed by atoms with Crippen molar-refractivity contribution in [2.75, 3.05) is 11.1 Å². The van der Waals surface area contributed by atoms with Gasteiger partial charge in [0.15, 0.2) is 5.13 Å². The molecule has 2 heterocycles. The van der Waals surface area contributed by atoms with Gasteiger partial charge in [0.1, 0.15) is 0 Å². The first kappa shape index (κ1) is 13.1. The van der Waals surface area contributed by atoms with Crippen LogP contribution in [-0.2, 0) is 6.42 Å². The molecule has 0 aliphatic rings. The van der Waals surface area contributed by atoms with E-state index in [4.69, 9.17) is 5.73 Å². The molecule has 0 spiro atoms. The summed E-state index contributed by atoms with van der Waals surface area (Å²) in [5.74, 6) is -0.0936. The first-order valence-corrected chi connectivity index (χ1v) is 7.90. The number of carbonyl (C=O) groups excluding carboxylic acids is 1. The number of nitrogen functional groups attached to an aromatic ring is 1. The standard InChI is InChI=1S/C14H13N3OS2/c1-2-8-5-6-19-12(8)13(18)17-14-16-10-4-3-9(15)7-11(10)20-14/h3-7H,2,15H2,1H3,(H,16,17,18). The first-order chi connectivity index (χ1) is 9.67. The summed E-state index contributed by atoms with van der Waals surface area (Å²) in [6, 6.07) is 7.52. The number of hydrogen-bond donors (Lipinski definition) is 2. The SMILES string of the molecule is CCc1ccsc1C(=O)Nc1nc2ccc(N)cc2s1. The predicted octanol–water partition coefficient (Wildman–Crippen LogP) is 3.75. The molecule has 0 saturated carbocycles. The van der Waals surface area contributed by atoms with Gasteiger partial charge in [-0.2, -0.15) is 0 Å². The normalized spacial score (nSPS) is 10.8.